The zero-order chi connectivity index (χ0) is 24.6. The number of carbonyl (C=O) groups excluding carboxylic acids is 4. The minimum Gasteiger partial charge on any atom is -0.479 e. The highest BCUT2D eigenvalue weighted by Gasteiger charge is 2.58. The molecule has 0 spiro atoms. The lowest BCUT2D eigenvalue weighted by Gasteiger charge is -2.53. The van der Waals surface area contributed by atoms with E-state index in [0.29, 0.717) is 5.56 Å². The van der Waals surface area contributed by atoms with Gasteiger partial charge in [0.2, 0.25) is 17.7 Å². The van der Waals surface area contributed by atoms with Crippen LogP contribution in [0.4, 0.5) is 0 Å². The molecule has 2 aliphatic heterocycles. The molecular weight excluding hydrogens is 450 g/mol. The van der Waals surface area contributed by atoms with Gasteiger partial charge in [-0.25, -0.2) is 4.79 Å². The van der Waals surface area contributed by atoms with Crippen LogP contribution in [0.5, 0.6) is 0 Å². The molecule has 178 valence electrons. The van der Waals surface area contributed by atoms with E-state index in [1.54, 1.807) is 51.1 Å². The highest BCUT2D eigenvalue weighted by atomic mass is 32.2. The third-order valence-corrected chi connectivity index (χ3v) is 6.77. The Kier molecular flexibility index (Phi) is 6.73. The minimum absolute atomic E-state index is 0.0247. The lowest BCUT2D eigenvalue weighted by Crippen LogP contribution is -2.77. The predicted molar refractivity (Wildman–Crippen MR) is 119 cm³/mol. The largest absolute Gasteiger partial charge is 0.479 e. The number of aliphatic carboxylic acids is 1. The first-order valence-corrected chi connectivity index (χ1v) is 11.4. The van der Waals surface area contributed by atoms with E-state index >= 15 is 0 Å². The smallest absolute Gasteiger partial charge is 0.332 e. The molecule has 11 heteroatoms. The number of esters is 1. The number of carbonyl (C=O) groups is 5. The molecule has 1 aromatic rings. The summed E-state index contributed by atoms with van der Waals surface area (Å²) < 4.78 is 5.43. The van der Waals surface area contributed by atoms with Crippen molar-refractivity contribution in [3.05, 3.63) is 35.9 Å². The highest BCUT2D eigenvalue weighted by molar-refractivity contribution is 8.00. The molecule has 0 aliphatic carbocycles. The van der Waals surface area contributed by atoms with E-state index in [2.05, 4.69) is 10.6 Å². The van der Waals surface area contributed by atoms with Crippen molar-refractivity contribution in [2.24, 2.45) is 0 Å². The summed E-state index contributed by atoms with van der Waals surface area (Å²) in [5, 5.41) is 14.2. The van der Waals surface area contributed by atoms with Gasteiger partial charge in [0.15, 0.2) is 11.5 Å². The Labute approximate surface area is 195 Å². The van der Waals surface area contributed by atoms with Crippen molar-refractivity contribution >= 4 is 41.4 Å². The van der Waals surface area contributed by atoms with E-state index in [1.807, 2.05) is 0 Å². The first-order chi connectivity index (χ1) is 15.3. The van der Waals surface area contributed by atoms with E-state index in [0.717, 1.165) is 11.8 Å². The summed E-state index contributed by atoms with van der Waals surface area (Å²) in [5.74, 6) is -4.88. The number of carboxylic acid groups (broad SMARTS) is 1. The van der Waals surface area contributed by atoms with Gasteiger partial charge in [0.05, 0.1) is 6.54 Å². The second kappa shape index (κ2) is 9.05. The molecule has 2 saturated heterocycles. The Morgan fingerprint density at radius 3 is 2.39 bits per heavy atom. The molecule has 33 heavy (non-hydrogen) atoms. The molecule has 0 saturated carbocycles. The van der Waals surface area contributed by atoms with Crippen LogP contribution in [-0.4, -0.2) is 74.5 Å². The molecule has 0 aromatic heterocycles. The monoisotopic (exact) mass is 477 g/mol. The summed E-state index contributed by atoms with van der Waals surface area (Å²) in [6.07, 6.45) is 0. The van der Waals surface area contributed by atoms with Crippen LogP contribution in [0.1, 0.15) is 39.2 Å². The Balaban J connectivity index is 1.76. The Bertz CT molecular complexity index is 978. The van der Waals surface area contributed by atoms with Crippen molar-refractivity contribution in [1.29, 1.82) is 0 Å². The zero-order valence-corrected chi connectivity index (χ0v) is 19.6. The number of nitrogens with zero attached hydrogens (tertiary/aromatic N) is 1. The Morgan fingerprint density at radius 1 is 1.21 bits per heavy atom. The number of fused-ring (bicyclic) bond motifs is 1. The van der Waals surface area contributed by atoms with Gasteiger partial charge >= 0.3 is 11.9 Å². The lowest BCUT2D eigenvalue weighted by atomic mass is 9.94. The molecule has 2 heterocycles. The van der Waals surface area contributed by atoms with Crippen LogP contribution < -0.4 is 10.6 Å². The number of amides is 3. The summed E-state index contributed by atoms with van der Waals surface area (Å²) in [6, 6.07) is 7.49. The molecule has 3 N–H and O–H groups in total. The third kappa shape index (κ3) is 5.13. The van der Waals surface area contributed by atoms with Crippen molar-refractivity contribution < 1.29 is 33.8 Å². The molecule has 2 fully saturated rings. The molecule has 3 unspecified atom stereocenters. The molecule has 3 rings (SSSR count). The van der Waals surface area contributed by atoms with Crippen molar-refractivity contribution in [1.82, 2.24) is 15.5 Å². The van der Waals surface area contributed by atoms with Gasteiger partial charge in [-0.1, -0.05) is 30.3 Å². The molecule has 4 atom stereocenters. The maximum atomic E-state index is 13.1. The average Bonchev–Trinajstić information content (AvgIpc) is 2.71. The van der Waals surface area contributed by atoms with Crippen LogP contribution in [-0.2, 0) is 28.7 Å². The summed E-state index contributed by atoms with van der Waals surface area (Å²) in [6.45, 7) is 6.09. The van der Waals surface area contributed by atoms with Gasteiger partial charge in [-0.15, -0.1) is 11.8 Å². The number of rotatable bonds is 6. The first kappa shape index (κ1) is 24.6. The molecule has 1 aromatic carbocycles. The van der Waals surface area contributed by atoms with Crippen LogP contribution >= 0.6 is 11.8 Å². The summed E-state index contributed by atoms with van der Waals surface area (Å²) in [4.78, 5) is 63.3. The van der Waals surface area contributed by atoms with Crippen molar-refractivity contribution in [3.63, 3.8) is 0 Å². The SMILES string of the molecule is CC(=O)NC1(C(=O)O)CS[C@@H]2C(NC(=O)C(C(=O)OC(C)(C)C)c3ccccc3)C(=O)N2C1. The Morgan fingerprint density at radius 2 is 1.85 bits per heavy atom. The van der Waals surface area contributed by atoms with E-state index in [-0.39, 0.29) is 12.3 Å². The number of β-lactam (4-membered cyclic amide) rings is 1. The number of benzene rings is 1. The van der Waals surface area contributed by atoms with Crippen LogP contribution in [0, 0.1) is 0 Å². The normalized spacial score (nSPS) is 25.2. The van der Waals surface area contributed by atoms with Gasteiger partial charge in [0.1, 0.15) is 17.0 Å². The van der Waals surface area contributed by atoms with Crippen LogP contribution in [0.25, 0.3) is 0 Å². The molecular formula is C22H27N3O7S. The number of thioether (sulfide) groups is 1. The fraction of sp³-hybridized carbons (Fsp3) is 0.500. The number of carboxylic acids is 1. The molecule has 3 amide bonds. The van der Waals surface area contributed by atoms with Crippen molar-refractivity contribution in [3.8, 4) is 0 Å². The third-order valence-electron chi connectivity index (χ3n) is 5.24. The van der Waals surface area contributed by atoms with Crippen LogP contribution in [0.3, 0.4) is 0 Å². The molecule has 10 nitrogen and oxygen atoms in total. The molecule has 2 aliphatic rings. The van der Waals surface area contributed by atoms with Gasteiger partial charge < -0.3 is 25.4 Å². The lowest BCUT2D eigenvalue weighted by molar-refractivity contribution is -0.162. The Hall–Kier alpha value is -3.08. The van der Waals surface area contributed by atoms with E-state index in [9.17, 15) is 29.1 Å². The molecule has 0 radical (unpaired) electrons. The second-order valence-electron chi connectivity index (χ2n) is 9.10. The number of nitrogens with one attached hydrogen (secondary N) is 2. The van der Waals surface area contributed by atoms with Gasteiger partial charge in [-0.3, -0.25) is 19.2 Å². The number of ether oxygens (including phenoxy) is 1. The zero-order valence-electron chi connectivity index (χ0n) is 18.8. The summed E-state index contributed by atoms with van der Waals surface area (Å²) >= 11 is 1.15. The number of hydrogen-bond acceptors (Lipinski definition) is 7. The van der Waals surface area contributed by atoms with Crippen molar-refractivity contribution in [2.45, 2.75) is 56.2 Å². The maximum Gasteiger partial charge on any atom is 0.332 e. The first-order valence-electron chi connectivity index (χ1n) is 10.4. The minimum atomic E-state index is -1.60. The van der Waals surface area contributed by atoms with Crippen LogP contribution in [0.15, 0.2) is 30.3 Å². The summed E-state index contributed by atoms with van der Waals surface area (Å²) in [5.41, 5.74) is -1.98. The van der Waals surface area contributed by atoms with Crippen molar-refractivity contribution in [2.75, 3.05) is 12.3 Å². The summed E-state index contributed by atoms with van der Waals surface area (Å²) in [7, 11) is 0. The number of hydrogen-bond donors (Lipinski definition) is 3. The van der Waals surface area contributed by atoms with E-state index in [4.69, 9.17) is 4.74 Å². The van der Waals surface area contributed by atoms with Gasteiger partial charge in [-0.05, 0) is 26.3 Å². The topological polar surface area (TPSA) is 142 Å². The average molecular weight is 478 g/mol. The van der Waals surface area contributed by atoms with Gasteiger partial charge in [0, 0.05) is 12.7 Å². The quantitative estimate of drug-likeness (QED) is 0.305. The standard InChI is InChI=1S/C22H27N3O7S/c1-12(26)24-22(20(30)31)10-25-17(28)15(18(25)33-11-22)23-16(27)14(13-8-6-5-7-9-13)19(29)32-21(2,3)4/h5-9,14-15,18H,10-11H2,1-4H3,(H,23,27)(H,24,26)(H,30,31)/t14?,15?,18-,22?/m1/s1. The second-order valence-corrected chi connectivity index (χ2v) is 10.2. The van der Waals surface area contributed by atoms with Crippen LogP contribution in [0.2, 0.25) is 0 Å². The van der Waals surface area contributed by atoms with E-state index in [1.165, 1.54) is 11.8 Å². The highest BCUT2D eigenvalue weighted by Crippen LogP contribution is 2.39. The van der Waals surface area contributed by atoms with E-state index < -0.39 is 58.1 Å². The van der Waals surface area contributed by atoms with Gasteiger partial charge in [0.25, 0.3) is 0 Å². The molecule has 0 bridgehead atoms. The fourth-order valence-corrected chi connectivity index (χ4v) is 5.29. The predicted octanol–water partition coefficient (Wildman–Crippen LogP) is 0.471. The maximum absolute atomic E-state index is 13.1. The van der Waals surface area contributed by atoms with Gasteiger partial charge in [-0.2, -0.15) is 0 Å². The fourth-order valence-electron chi connectivity index (χ4n) is 3.81.